The van der Waals surface area contributed by atoms with Gasteiger partial charge in [-0.3, -0.25) is 4.57 Å². The number of benzene rings is 1. The summed E-state index contributed by atoms with van der Waals surface area (Å²) in [6.45, 7) is -0.465. The number of anilines is 1. The van der Waals surface area contributed by atoms with Crippen LogP contribution in [-0.4, -0.2) is 59.8 Å². The Morgan fingerprint density at radius 3 is 2.75 bits per heavy atom. The van der Waals surface area contributed by atoms with Crippen LogP contribution >= 0.6 is 0 Å². The van der Waals surface area contributed by atoms with Crippen molar-refractivity contribution < 1.29 is 24.4 Å². The minimum absolute atomic E-state index is 0.135. The lowest BCUT2D eigenvalue weighted by Gasteiger charge is -2.18. The van der Waals surface area contributed by atoms with E-state index in [1.807, 2.05) is 0 Å². The molecule has 0 saturated carbocycles. The molecule has 0 unspecified atom stereocenters. The summed E-state index contributed by atoms with van der Waals surface area (Å²) in [7, 11) is 0. The molecule has 0 amide bonds. The van der Waals surface area contributed by atoms with Crippen LogP contribution in [0, 0.1) is 5.82 Å². The van der Waals surface area contributed by atoms with Crippen LogP contribution in [0.3, 0.4) is 0 Å². The lowest BCUT2D eigenvalue weighted by atomic mass is 10.1. The summed E-state index contributed by atoms with van der Waals surface area (Å²) in [5.41, 5.74) is 7.07. The van der Waals surface area contributed by atoms with Gasteiger partial charge in [0.25, 0.3) is 0 Å². The van der Waals surface area contributed by atoms with Gasteiger partial charge in [-0.2, -0.15) is 0 Å². The molecule has 1 aliphatic heterocycles. The van der Waals surface area contributed by atoms with Gasteiger partial charge in [0.05, 0.1) is 6.61 Å². The number of aliphatic hydroxyl groups is 3. The molecule has 28 heavy (non-hydrogen) atoms. The van der Waals surface area contributed by atoms with Crippen LogP contribution in [0.2, 0.25) is 0 Å². The lowest BCUT2D eigenvalue weighted by Crippen LogP contribution is -2.33. The maximum Gasteiger partial charge on any atom is 0.168 e. The van der Waals surface area contributed by atoms with Crippen molar-refractivity contribution in [2.24, 2.45) is 0 Å². The number of imidazole rings is 1. The number of nitrogen functional groups attached to an aromatic ring is 1. The molecule has 9 nitrogen and oxygen atoms in total. The lowest BCUT2D eigenvalue weighted by molar-refractivity contribution is -0.0513. The number of halogens is 1. The van der Waals surface area contributed by atoms with Gasteiger partial charge in [-0.05, 0) is 23.8 Å². The first-order valence-corrected chi connectivity index (χ1v) is 8.54. The predicted octanol–water partition coefficient (Wildman–Crippen LogP) is 0.329. The summed E-state index contributed by atoms with van der Waals surface area (Å²) in [6, 6.07) is 5.98. The fraction of sp³-hybridized carbons (Fsp3) is 0.278. The van der Waals surface area contributed by atoms with E-state index in [1.165, 1.54) is 23.0 Å². The number of hydrogen-bond acceptors (Lipinski definition) is 8. The summed E-state index contributed by atoms with van der Waals surface area (Å²) in [5, 5.41) is 29.9. The second-order valence-electron chi connectivity index (χ2n) is 6.39. The fourth-order valence-corrected chi connectivity index (χ4v) is 3.19. The highest BCUT2D eigenvalue weighted by atomic mass is 19.1. The molecule has 3 aromatic rings. The molecule has 1 aromatic carbocycles. The summed E-state index contributed by atoms with van der Waals surface area (Å²) in [4.78, 5) is 12.5. The average Bonchev–Trinajstić information content (AvgIpc) is 3.19. The van der Waals surface area contributed by atoms with E-state index in [9.17, 15) is 19.7 Å². The molecule has 1 fully saturated rings. The standard InChI is InChI=1S/C18H18FN5O4/c19-10-3-1-2-9(6-10)4-5-12-23-13-16(20)21-8-22-17(13)24(12)18-15(27)14(26)11(7-25)28-18/h1-6,8,11,14-15,18,25-27H,7H2,(H2,20,21,22)/b5-4+/t11-,14-,15-,18-/m1/s1. The first-order chi connectivity index (χ1) is 13.5. The molecular formula is C18H18FN5O4. The highest BCUT2D eigenvalue weighted by molar-refractivity contribution is 5.84. The highest BCUT2D eigenvalue weighted by Gasteiger charge is 2.44. The molecule has 0 aliphatic carbocycles. The molecule has 10 heteroatoms. The summed E-state index contributed by atoms with van der Waals surface area (Å²) in [6.07, 6.45) is -0.165. The van der Waals surface area contributed by atoms with Crippen LogP contribution in [0.4, 0.5) is 10.2 Å². The summed E-state index contributed by atoms with van der Waals surface area (Å²) in [5.74, 6) is 0.0615. The van der Waals surface area contributed by atoms with Gasteiger partial charge in [0.15, 0.2) is 23.2 Å². The van der Waals surface area contributed by atoms with E-state index in [0.717, 1.165) is 0 Å². The molecule has 0 radical (unpaired) electrons. The normalized spacial score (nSPS) is 25.1. The number of rotatable bonds is 4. The molecule has 146 valence electrons. The average molecular weight is 387 g/mol. The Balaban J connectivity index is 1.82. The largest absolute Gasteiger partial charge is 0.394 e. The smallest absolute Gasteiger partial charge is 0.168 e. The maximum absolute atomic E-state index is 13.4. The third-order valence-electron chi connectivity index (χ3n) is 4.58. The second kappa shape index (κ2) is 7.24. The van der Waals surface area contributed by atoms with E-state index in [4.69, 9.17) is 10.5 Å². The van der Waals surface area contributed by atoms with Gasteiger partial charge in [0, 0.05) is 0 Å². The number of aromatic nitrogens is 4. The topological polar surface area (TPSA) is 140 Å². The minimum atomic E-state index is -1.33. The molecule has 0 spiro atoms. The number of ether oxygens (including phenoxy) is 1. The van der Waals surface area contributed by atoms with Crippen LogP contribution in [-0.2, 0) is 4.74 Å². The first kappa shape index (κ1) is 18.4. The molecule has 5 N–H and O–H groups in total. The van der Waals surface area contributed by atoms with Gasteiger partial charge in [0.1, 0.15) is 36.3 Å². The first-order valence-electron chi connectivity index (χ1n) is 8.54. The summed E-state index contributed by atoms with van der Waals surface area (Å²) >= 11 is 0. The molecule has 0 bridgehead atoms. The monoisotopic (exact) mass is 387 g/mol. The van der Waals surface area contributed by atoms with E-state index >= 15 is 0 Å². The van der Waals surface area contributed by atoms with Crippen LogP contribution in [0.1, 0.15) is 17.6 Å². The highest BCUT2D eigenvalue weighted by Crippen LogP contribution is 2.34. The zero-order valence-electron chi connectivity index (χ0n) is 14.6. The van der Waals surface area contributed by atoms with Crippen molar-refractivity contribution in [1.82, 2.24) is 19.5 Å². The van der Waals surface area contributed by atoms with Gasteiger partial charge < -0.3 is 25.8 Å². The molecule has 1 saturated heterocycles. The van der Waals surface area contributed by atoms with Gasteiger partial charge in [0.2, 0.25) is 0 Å². The molecule has 4 rings (SSSR count). The van der Waals surface area contributed by atoms with Crippen molar-refractivity contribution >= 4 is 29.1 Å². The maximum atomic E-state index is 13.4. The predicted molar refractivity (Wildman–Crippen MR) is 98.1 cm³/mol. The van der Waals surface area contributed by atoms with E-state index in [1.54, 1.807) is 24.3 Å². The van der Waals surface area contributed by atoms with Crippen molar-refractivity contribution in [1.29, 1.82) is 0 Å². The van der Waals surface area contributed by atoms with Crippen molar-refractivity contribution in [2.75, 3.05) is 12.3 Å². The Morgan fingerprint density at radius 1 is 1.21 bits per heavy atom. The van der Waals surface area contributed by atoms with Gasteiger partial charge >= 0.3 is 0 Å². The number of nitrogens with two attached hydrogens (primary N) is 1. The Kier molecular flexibility index (Phi) is 4.77. The van der Waals surface area contributed by atoms with Gasteiger partial charge in [-0.15, -0.1) is 0 Å². The van der Waals surface area contributed by atoms with Crippen LogP contribution < -0.4 is 5.73 Å². The molecule has 4 atom stereocenters. The third-order valence-corrected chi connectivity index (χ3v) is 4.58. The Bertz CT molecular complexity index is 1040. The quantitative estimate of drug-likeness (QED) is 0.502. The second-order valence-corrected chi connectivity index (χ2v) is 6.39. The Morgan fingerprint density at radius 2 is 2.04 bits per heavy atom. The Labute approximate surface area is 158 Å². The van der Waals surface area contributed by atoms with Crippen molar-refractivity contribution in [3.05, 3.63) is 47.8 Å². The van der Waals surface area contributed by atoms with E-state index < -0.39 is 31.1 Å². The van der Waals surface area contributed by atoms with E-state index in [-0.39, 0.29) is 11.6 Å². The van der Waals surface area contributed by atoms with Gasteiger partial charge in [-0.25, -0.2) is 19.3 Å². The summed E-state index contributed by atoms with van der Waals surface area (Å²) < 4.78 is 20.5. The third kappa shape index (κ3) is 3.12. The number of nitrogens with zero attached hydrogens (tertiary/aromatic N) is 4. The SMILES string of the molecule is Nc1ncnc2c1nc(/C=C/c1cccc(F)c1)n2[C@@H]1O[C@H](CO)[C@@H](O)[C@H]1O. The Hall–Kier alpha value is -2.92. The fourth-order valence-electron chi connectivity index (χ4n) is 3.19. The molecular weight excluding hydrogens is 369 g/mol. The van der Waals surface area contributed by atoms with Crippen molar-refractivity contribution in [3.8, 4) is 0 Å². The zero-order valence-corrected chi connectivity index (χ0v) is 14.6. The molecule has 3 heterocycles. The van der Waals surface area contributed by atoms with Crippen molar-refractivity contribution in [2.45, 2.75) is 24.5 Å². The zero-order chi connectivity index (χ0) is 19.8. The number of fused-ring (bicyclic) bond motifs is 1. The molecule has 1 aliphatic rings. The van der Waals surface area contributed by atoms with Crippen LogP contribution in [0.5, 0.6) is 0 Å². The van der Waals surface area contributed by atoms with Crippen LogP contribution in [0.15, 0.2) is 30.6 Å². The van der Waals surface area contributed by atoms with Gasteiger partial charge in [-0.1, -0.05) is 18.2 Å². The molecule has 2 aromatic heterocycles. The van der Waals surface area contributed by atoms with Crippen LogP contribution in [0.25, 0.3) is 23.3 Å². The van der Waals surface area contributed by atoms with Crippen molar-refractivity contribution in [3.63, 3.8) is 0 Å². The van der Waals surface area contributed by atoms with E-state index in [2.05, 4.69) is 15.0 Å². The number of hydrogen-bond donors (Lipinski definition) is 4. The van der Waals surface area contributed by atoms with E-state index in [0.29, 0.717) is 22.6 Å². The number of aliphatic hydroxyl groups excluding tert-OH is 3. The minimum Gasteiger partial charge on any atom is -0.394 e.